The number of nitrogens with one attached hydrogen (secondary N) is 1. The molecule has 8 nitrogen and oxygen atoms in total. The van der Waals surface area contributed by atoms with E-state index in [2.05, 4.69) is 5.32 Å². The Labute approximate surface area is 252 Å². The Morgan fingerprint density at radius 2 is 1.61 bits per heavy atom. The topological polar surface area (TPSA) is 96.0 Å². The highest BCUT2D eigenvalue weighted by Gasteiger charge is 2.33. The maximum absolute atomic E-state index is 14.0. The van der Waals surface area contributed by atoms with Crippen molar-refractivity contribution in [3.63, 3.8) is 0 Å². The van der Waals surface area contributed by atoms with E-state index in [9.17, 15) is 18.0 Å². The summed E-state index contributed by atoms with van der Waals surface area (Å²) in [5.74, 6) is -0.431. The fraction of sp³-hybridized carbons (Fsp3) is 0.333. The minimum absolute atomic E-state index is 0.0393. The average molecular weight is 621 g/mol. The number of para-hydroxylation sites is 2. The summed E-state index contributed by atoms with van der Waals surface area (Å²) in [6.07, 6.45) is 0. The summed E-state index contributed by atoms with van der Waals surface area (Å²) in [6.45, 7) is 7.50. The van der Waals surface area contributed by atoms with Gasteiger partial charge in [0.15, 0.2) is 0 Å². The highest BCUT2D eigenvalue weighted by molar-refractivity contribution is 7.92. The molecule has 0 fully saturated rings. The van der Waals surface area contributed by atoms with Gasteiger partial charge in [0.25, 0.3) is 10.0 Å². The maximum Gasteiger partial charge on any atom is 0.264 e. The lowest BCUT2D eigenvalue weighted by Gasteiger charge is -2.32. The third-order valence-corrected chi connectivity index (χ3v) is 8.47. The Kier molecular flexibility index (Phi) is 11.5. The summed E-state index contributed by atoms with van der Waals surface area (Å²) in [4.78, 5) is 28.5. The highest BCUT2D eigenvalue weighted by Crippen LogP contribution is 2.33. The zero-order valence-corrected chi connectivity index (χ0v) is 25.8. The summed E-state index contributed by atoms with van der Waals surface area (Å²) in [6, 6.07) is 18.3. The number of carbonyl (C=O) groups excluding carboxylic acids is 2. The monoisotopic (exact) mass is 619 g/mol. The second-order valence-corrected chi connectivity index (χ2v) is 12.6. The first-order valence-electron chi connectivity index (χ1n) is 13.3. The minimum atomic E-state index is -4.26. The van der Waals surface area contributed by atoms with Crippen molar-refractivity contribution >= 4 is 50.7 Å². The first-order valence-corrected chi connectivity index (χ1v) is 15.4. The summed E-state index contributed by atoms with van der Waals surface area (Å²) < 4.78 is 34.7. The summed E-state index contributed by atoms with van der Waals surface area (Å²) in [7, 11) is -4.26. The molecule has 0 radical (unpaired) electrons. The minimum Gasteiger partial charge on any atom is -0.492 e. The van der Waals surface area contributed by atoms with Crippen molar-refractivity contribution in [1.29, 1.82) is 0 Å². The summed E-state index contributed by atoms with van der Waals surface area (Å²) in [5, 5.41) is 3.71. The van der Waals surface area contributed by atoms with Gasteiger partial charge in [-0.1, -0.05) is 61.3 Å². The normalized spacial score (nSPS) is 12.1. The Bertz CT molecular complexity index is 1450. The number of hydrogen-bond acceptors (Lipinski definition) is 5. The van der Waals surface area contributed by atoms with Crippen LogP contribution in [-0.2, 0) is 26.2 Å². The van der Waals surface area contributed by atoms with Crippen LogP contribution >= 0.6 is 23.2 Å². The molecule has 0 bridgehead atoms. The largest absolute Gasteiger partial charge is 0.492 e. The SMILES string of the molecule is CCOc1ccccc1N(CC(=O)N(Cc1cccc(Cl)c1)C(C)C(=O)NCC(C)C)S(=O)(=O)c1ccc(Cl)cc1. The number of halogens is 2. The molecule has 1 N–H and O–H groups in total. The van der Waals surface area contributed by atoms with Crippen molar-refractivity contribution in [2.75, 3.05) is 24.0 Å². The molecular formula is C30H35Cl2N3O5S. The Balaban J connectivity index is 2.07. The van der Waals surface area contributed by atoms with E-state index in [0.717, 1.165) is 4.31 Å². The second kappa shape index (κ2) is 14.6. The van der Waals surface area contributed by atoms with Crippen LogP contribution in [0.2, 0.25) is 10.0 Å². The van der Waals surface area contributed by atoms with E-state index in [0.29, 0.717) is 27.9 Å². The first kappa shape index (κ1) is 32.2. The smallest absolute Gasteiger partial charge is 0.264 e. The lowest BCUT2D eigenvalue weighted by atomic mass is 10.1. The molecule has 0 aliphatic heterocycles. The van der Waals surface area contributed by atoms with Gasteiger partial charge in [0, 0.05) is 23.1 Å². The van der Waals surface area contributed by atoms with Gasteiger partial charge in [0.05, 0.1) is 17.2 Å². The zero-order valence-electron chi connectivity index (χ0n) is 23.5. The van der Waals surface area contributed by atoms with E-state index in [-0.39, 0.29) is 35.6 Å². The van der Waals surface area contributed by atoms with Gasteiger partial charge >= 0.3 is 0 Å². The molecular weight excluding hydrogens is 585 g/mol. The van der Waals surface area contributed by atoms with E-state index in [4.69, 9.17) is 27.9 Å². The van der Waals surface area contributed by atoms with Crippen LogP contribution in [-0.4, -0.2) is 50.9 Å². The molecule has 0 spiro atoms. The van der Waals surface area contributed by atoms with Crippen molar-refractivity contribution in [1.82, 2.24) is 10.2 Å². The molecule has 0 aliphatic carbocycles. The number of ether oxygens (including phenoxy) is 1. The molecule has 41 heavy (non-hydrogen) atoms. The van der Waals surface area contributed by atoms with Crippen LogP contribution in [0.1, 0.15) is 33.3 Å². The number of rotatable bonds is 13. The molecule has 0 aromatic heterocycles. The zero-order chi connectivity index (χ0) is 30.2. The third-order valence-electron chi connectivity index (χ3n) is 6.21. The third kappa shape index (κ3) is 8.61. The van der Waals surface area contributed by atoms with Crippen LogP contribution in [0.3, 0.4) is 0 Å². The van der Waals surface area contributed by atoms with Gasteiger partial charge in [0.1, 0.15) is 18.3 Å². The quantitative estimate of drug-likeness (QED) is 0.262. The second-order valence-electron chi connectivity index (χ2n) is 9.83. The number of hydrogen-bond donors (Lipinski definition) is 1. The molecule has 0 aliphatic rings. The number of benzene rings is 3. The van der Waals surface area contributed by atoms with Crippen molar-refractivity contribution in [2.24, 2.45) is 5.92 Å². The summed E-state index contributed by atoms with van der Waals surface area (Å²) >= 11 is 12.2. The van der Waals surface area contributed by atoms with E-state index >= 15 is 0 Å². The van der Waals surface area contributed by atoms with Gasteiger partial charge in [-0.15, -0.1) is 0 Å². The number of amides is 2. The van der Waals surface area contributed by atoms with Crippen molar-refractivity contribution in [3.05, 3.63) is 88.4 Å². The standard InChI is InChI=1S/C30H35Cl2N3O5S/c1-5-40-28-12-7-6-11-27(28)35(41(38,39)26-15-13-24(31)14-16-26)20-29(36)34(19-23-9-8-10-25(32)17-23)22(4)30(37)33-18-21(2)3/h6-17,21-22H,5,18-20H2,1-4H3,(H,33,37). The van der Waals surface area contributed by atoms with Gasteiger partial charge in [-0.3, -0.25) is 13.9 Å². The molecule has 3 rings (SSSR count). The van der Waals surface area contributed by atoms with Crippen LogP contribution in [0, 0.1) is 5.92 Å². The Morgan fingerprint density at radius 3 is 2.24 bits per heavy atom. The van der Waals surface area contributed by atoms with Crippen molar-refractivity contribution < 1.29 is 22.7 Å². The van der Waals surface area contributed by atoms with Crippen LogP contribution in [0.4, 0.5) is 5.69 Å². The highest BCUT2D eigenvalue weighted by atomic mass is 35.5. The molecule has 2 amide bonds. The van der Waals surface area contributed by atoms with Gasteiger partial charge in [0.2, 0.25) is 11.8 Å². The number of sulfonamides is 1. The number of nitrogens with zero attached hydrogens (tertiary/aromatic N) is 2. The van der Waals surface area contributed by atoms with Crippen LogP contribution in [0.25, 0.3) is 0 Å². The van der Waals surface area contributed by atoms with Gasteiger partial charge < -0.3 is 15.0 Å². The first-order chi connectivity index (χ1) is 19.4. The van der Waals surface area contributed by atoms with Crippen LogP contribution in [0.5, 0.6) is 5.75 Å². The molecule has 11 heteroatoms. The molecule has 1 atom stereocenters. The summed E-state index contributed by atoms with van der Waals surface area (Å²) in [5.41, 5.74) is 0.883. The van der Waals surface area contributed by atoms with E-state index < -0.39 is 28.5 Å². The fourth-order valence-electron chi connectivity index (χ4n) is 4.05. The van der Waals surface area contributed by atoms with Crippen molar-refractivity contribution in [2.45, 2.75) is 45.2 Å². The molecule has 0 saturated heterocycles. The number of anilines is 1. The Hall–Kier alpha value is -3.27. The predicted octanol–water partition coefficient (Wildman–Crippen LogP) is 5.78. The predicted molar refractivity (Wildman–Crippen MR) is 163 cm³/mol. The van der Waals surface area contributed by atoms with Crippen LogP contribution in [0.15, 0.2) is 77.7 Å². The Morgan fingerprint density at radius 1 is 0.927 bits per heavy atom. The molecule has 220 valence electrons. The van der Waals surface area contributed by atoms with Crippen LogP contribution < -0.4 is 14.4 Å². The van der Waals surface area contributed by atoms with Crippen molar-refractivity contribution in [3.8, 4) is 5.75 Å². The van der Waals surface area contributed by atoms with Gasteiger partial charge in [-0.2, -0.15) is 0 Å². The molecule has 0 saturated carbocycles. The molecule has 3 aromatic carbocycles. The fourth-order valence-corrected chi connectivity index (χ4v) is 5.82. The van der Waals surface area contributed by atoms with Gasteiger partial charge in [-0.25, -0.2) is 8.42 Å². The van der Waals surface area contributed by atoms with E-state index in [1.54, 1.807) is 62.4 Å². The lowest BCUT2D eigenvalue weighted by molar-refractivity contribution is -0.139. The molecule has 1 unspecified atom stereocenters. The number of carbonyl (C=O) groups is 2. The average Bonchev–Trinajstić information content (AvgIpc) is 2.93. The molecule has 3 aromatic rings. The molecule has 0 heterocycles. The lowest BCUT2D eigenvalue weighted by Crippen LogP contribution is -2.51. The maximum atomic E-state index is 14.0. The van der Waals surface area contributed by atoms with E-state index in [1.807, 2.05) is 13.8 Å². The van der Waals surface area contributed by atoms with Gasteiger partial charge in [-0.05, 0) is 73.9 Å². The van der Waals surface area contributed by atoms with E-state index in [1.165, 1.54) is 29.2 Å².